The summed E-state index contributed by atoms with van der Waals surface area (Å²) in [5.74, 6) is -0.251. The minimum absolute atomic E-state index is 0.106. The second-order valence-corrected chi connectivity index (χ2v) is 6.84. The van der Waals surface area contributed by atoms with Crippen LogP contribution in [-0.2, 0) is 17.8 Å². The molecule has 3 rings (SSSR count). The monoisotopic (exact) mass is 383 g/mol. The van der Waals surface area contributed by atoms with Gasteiger partial charge in [-0.3, -0.25) is 4.79 Å². The Kier molecular flexibility index (Phi) is 5.78. The van der Waals surface area contributed by atoms with Gasteiger partial charge in [0, 0.05) is 18.1 Å². The molecule has 28 heavy (non-hydrogen) atoms. The molecule has 0 bridgehead atoms. The van der Waals surface area contributed by atoms with Gasteiger partial charge in [0.1, 0.15) is 23.9 Å². The number of ether oxygens (including phenoxy) is 1. The molecule has 1 aromatic heterocycles. The zero-order valence-corrected chi connectivity index (χ0v) is 16.1. The van der Waals surface area contributed by atoms with E-state index < -0.39 is 11.8 Å². The van der Waals surface area contributed by atoms with Crippen LogP contribution in [0.5, 0.6) is 5.75 Å². The Labute approximate surface area is 162 Å². The molecule has 146 valence electrons. The van der Waals surface area contributed by atoms with E-state index in [0.29, 0.717) is 11.3 Å². The van der Waals surface area contributed by atoms with Crippen LogP contribution in [0.3, 0.4) is 0 Å². The number of carboxylic acid groups (broad SMARTS) is 1. The van der Waals surface area contributed by atoms with Gasteiger partial charge in [-0.1, -0.05) is 28.9 Å². The highest BCUT2D eigenvalue weighted by molar-refractivity contribution is 5.69. The van der Waals surface area contributed by atoms with Gasteiger partial charge < -0.3 is 14.4 Å². The molecule has 0 aliphatic heterocycles. The Morgan fingerprint density at radius 2 is 1.96 bits per heavy atom. The standard InChI is InChI=1S/C22H22FNO4/c1-13-8-16(10-18(9-13)22-14(2)24-28-15(22)3)12-27-19-6-4-17(20(23)11-19)5-7-21(25)26/h4,6,8-11H,5,7,12H2,1-3H3,(H,25,26). The molecule has 1 heterocycles. The SMILES string of the molecule is Cc1cc(COc2ccc(CCC(=O)O)c(F)c2)cc(-c2c(C)noc2C)c1. The highest BCUT2D eigenvalue weighted by Crippen LogP contribution is 2.29. The molecule has 0 amide bonds. The third-order valence-electron chi connectivity index (χ3n) is 4.50. The highest BCUT2D eigenvalue weighted by Gasteiger charge is 2.13. The van der Waals surface area contributed by atoms with E-state index in [1.807, 2.05) is 32.9 Å². The van der Waals surface area contributed by atoms with Crippen molar-refractivity contribution in [2.24, 2.45) is 0 Å². The number of aryl methyl sites for hydroxylation is 4. The fourth-order valence-electron chi connectivity index (χ4n) is 3.21. The van der Waals surface area contributed by atoms with E-state index in [1.165, 1.54) is 6.07 Å². The smallest absolute Gasteiger partial charge is 0.303 e. The predicted octanol–water partition coefficient (Wildman–Crippen LogP) is 5.00. The summed E-state index contributed by atoms with van der Waals surface area (Å²) in [4.78, 5) is 10.6. The van der Waals surface area contributed by atoms with E-state index >= 15 is 0 Å². The molecule has 5 nitrogen and oxygen atoms in total. The maximum atomic E-state index is 14.1. The van der Waals surface area contributed by atoms with E-state index in [9.17, 15) is 9.18 Å². The third-order valence-corrected chi connectivity index (χ3v) is 4.50. The van der Waals surface area contributed by atoms with Crippen molar-refractivity contribution in [1.82, 2.24) is 5.16 Å². The molecule has 0 aliphatic rings. The first-order valence-corrected chi connectivity index (χ1v) is 9.00. The first-order chi connectivity index (χ1) is 13.3. The molecular weight excluding hydrogens is 361 g/mol. The fraction of sp³-hybridized carbons (Fsp3) is 0.273. The summed E-state index contributed by atoms with van der Waals surface area (Å²) in [5, 5.41) is 12.7. The van der Waals surface area contributed by atoms with E-state index in [1.54, 1.807) is 12.1 Å². The number of carboxylic acids is 1. The summed E-state index contributed by atoms with van der Waals surface area (Å²) in [6.07, 6.45) is 0.0466. The number of hydrogen-bond donors (Lipinski definition) is 1. The molecule has 6 heteroatoms. The van der Waals surface area contributed by atoms with Gasteiger partial charge in [-0.25, -0.2) is 4.39 Å². The summed E-state index contributed by atoms with van der Waals surface area (Å²) in [6.45, 7) is 6.07. The lowest BCUT2D eigenvalue weighted by atomic mass is 9.99. The van der Waals surface area contributed by atoms with Gasteiger partial charge >= 0.3 is 5.97 Å². The third kappa shape index (κ3) is 4.57. The van der Waals surface area contributed by atoms with Gasteiger partial charge in [-0.05, 0) is 56.0 Å². The number of rotatable bonds is 7. The van der Waals surface area contributed by atoms with Crippen LogP contribution in [-0.4, -0.2) is 16.2 Å². The molecular formula is C22H22FNO4. The van der Waals surface area contributed by atoms with Crippen molar-refractivity contribution in [2.75, 3.05) is 0 Å². The number of benzene rings is 2. The maximum Gasteiger partial charge on any atom is 0.303 e. The van der Waals surface area contributed by atoms with Crippen molar-refractivity contribution >= 4 is 5.97 Å². The van der Waals surface area contributed by atoms with Gasteiger partial charge in [0.15, 0.2) is 0 Å². The van der Waals surface area contributed by atoms with Crippen LogP contribution < -0.4 is 4.74 Å². The summed E-state index contributed by atoms with van der Waals surface area (Å²) in [7, 11) is 0. The van der Waals surface area contributed by atoms with E-state index in [-0.39, 0.29) is 19.4 Å². The van der Waals surface area contributed by atoms with Crippen molar-refractivity contribution in [2.45, 2.75) is 40.2 Å². The summed E-state index contributed by atoms with van der Waals surface area (Å²) < 4.78 is 25.1. The topological polar surface area (TPSA) is 72.6 Å². The molecule has 0 spiro atoms. The largest absolute Gasteiger partial charge is 0.489 e. The van der Waals surface area contributed by atoms with Crippen molar-refractivity contribution < 1.29 is 23.6 Å². The Morgan fingerprint density at radius 3 is 2.61 bits per heavy atom. The maximum absolute atomic E-state index is 14.1. The number of aliphatic carboxylic acids is 1. The van der Waals surface area contributed by atoms with Crippen LogP contribution in [0.2, 0.25) is 0 Å². The number of halogens is 1. The normalized spacial score (nSPS) is 10.9. The number of hydrogen-bond acceptors (Lipinski definition) is 4. The van der Waals surface area contributed by atoms with Gasteiger partial charge in [-0.15, -0.1) is 0 Å². The molecule has 0 aliphatic carbocycles. The summed E-state index contributed by atoms with van der Waals surface area (Å²) in [6, 6.07) is 10.6. The first-order valence-electron chi connectivity index (χ1n) is 9.00. The van der Waals surface area contributed by atoms with Gasteiger partial charge in [0.05, 0.1) is 5.69 Å². The van der Waals surface area contributed by atoms with Crippen LogP contribution in [0.15, 0.2) is 40.9 Å². The molecule has 1 N–H and O–H groups in total. The minimum atomic E-state index is -0.951. The van der Waals surface area contributed by atoms with Crippen LogP contribution in [0.1, 0.15) is 34.6 Å². The van der Waals surface area contributed by atoms with Crippen LogP contribution in [0, 0.1) is 26.6 Å². The van der Waals surface area contributed by atoms with E-state index in [4.69, 9.17) is 14.4 Å². The van der Waals surface area contributed by atoms with Crippen molar-refractivity contribution in [3.63, 3.8) is 0 Å². The number of nitrogens with zero attached hydrogens (tertiary/aromatic N) is 1. The summed E-state index contributed by atoms with van der Waals surface area (Å²) >= 11 is 0. The molecule has 0 fully saturated rings. The Morgan fingerprint density at radius 1 is 1.18 bits per heavy atom. The van der Waals surface area contributed by atoms with E-state index in [0.717, 1.165) is 33.7 Å². The molecule has 3 aromatic rings. The lowest BCUT2D eigenvalue weighted by Crippen LogP contribution is -2.01. The minimum Gasteiger partial charge on any atom is -0.489 e. The Bertz CT molecular complexity index is 990. The zero-order chi connectivity index (χ0) is 20.3. The number of aromatic nitrogens is 1. The molecule has 0 radical (unpaired) electrons. The van der Waals surface area contributed by atoms with Gasteiger partial charge in [-0.2, -0.15) is 0 Å². The second-order valence-electron chi connectivity index (χ2n) is 6.84. The lowest BCUT2D eigenvalue weighted by Gasteiger charge is -2.11. The average Bonchev–Trinajstić information content (AvgIpc) is 2.97. The Hall–Kier alpha value is -3.15. The number of carbonyl (C=O) groups is 1. The zero-order valence-electron chi connectivity index (χ0n) is 16.1. The van der Waals surface area contributed by atoms with Crippen LogP contribution in [0.4, 0.5) is 4.39 Å². The van der Waals surface area contributed by atoms with Gasteiger partial charge in [0.2, 0.25) is 0 Å². The van der Waals surface area contributed by atoms with E-state index in [2.05, 4.69) is 11.2 Å². The fourth-order valence-corrected chi connectivity index (χ4v) is 3.21. The quantitative estimate of drug-likeness (QED) is 0.621. The molecule has 0 saturated carbocycles. The molecule has 0 saturated heterocycles. The second kappa shape index (κ2) is 8.25. The molecule has 2 aromatic carbocycles. The van der Waals surface area contributed by atoms with Crippen molar-refractivity contribution in [3.8, 4) is 16.9 Å². The summed E-state index contributed by atoms with van der Waals surface area (Å²) in [5.41, 5.74) is 5.19. The average molecular weight is 383 g/mol. The predicted molar refractivity (Wildman–Crippen MR) is 103 cm³/mol. The molecule has 0 atom stereocenters. The Balaban J connectivity index is 1.74. The van der Waals surface area contributed by atoms with Crippen LogP contribution in [0.25, 0.3) is 11.1 Å². The van der Waals surface area contributed by atoms with Crippen molar-refractivity contribution in [3.05, 3.63) is 70.4 Å². The van der Waals surface area contributed by atoms with Gasteiger partial charge in [0.25, 0.3) is 0 Å². The first kappa shape index (κ1) is 19.6. The molecule has 0 unspecified atom stereocenters. The van der Waals surface area contributed by atoms with Crippen molar-refractivity contribution in [1.29, 1.82) is 0 Å². The highest BCUT2D eigenvalue weighted by atomic mass is 19.1. The lowest BCUT2D eigenvalue weighted by molar-refractivity contribution is -0.136. The van der Waals surface area contributed by atoms with Crippen LogP contribution >= 0.6 is 0 Å².